The number of para-hydroxylation sites is 1. The molecular weight excluding hydrogens is 610 g/mol. The first-order valence-corrected chi connectivity index (χ1v) is 16.0. The van der Waals surface area contributed by atoms with E-state index in [0.717, 1.165) is 38.8 Å². The van der Waals surface area contributed by atoms with E-state index in [4.69, 9.17) is 35.9 Å². The van der Waals surface area contributed by atoms with Gasteiger partial charge in [0.15, 0.2) is 17.3 Å². The van der Waals surface area contributed by atoms with Crippen LogP contribution in [0.3, 0.4) is 0 Å². The van der Waals surface area contributed by atoms with Crippen molar-refractivity contribution in [2.24, 2.45) is 5.10 Å². The molecule has 0 radical (unpaired) electrons. The van der Waals surface area contributed by atoms with Crippen LogP contribution in [0.2, 0.25) is 5.02 Å². The molecule has 0 saturated heterocycles. The second-order valence-corrected chi connectivity index (χ2v) is 12.0. The van der Waals surface area contributed by atoms with Gasteiger partial charge in [-0.1, -0.05) is 80.0 Å². The highest BCUT2D eigenvalue weighted by molar-refractivity contribution is 6.32. The quantitative estimate of drug-likeness (QED) is 0.139. The van der Waals surface area contributed by atoms with Crippen LogP contribution in [-0.4, -0.2) is 29.6 Å². The first-order chi connectivity index (χ1) is 22.8. The lowest BCUT2D eigenvalue weighted by atomic mass is 9.96. The third-order valence-electron chi connectivity index (χ3n) is 8.10. The minimum atomic E-state index is -0.283. The van der Waals surface area contributed by atoms with Crippen LogP contribution in [0.1, 0.15) is 48.9 Å². The Morgan fingerprint density at radius 2 is 1.66 bits per heavy atom. The predicted octanol–water partition coefficient (Wildman–Crippen LogP) is 9.17. The summed E-state index contributed by atoms with van der Waals surface area (Å²) in [5.74, 6) is 2.34. The fraction of sp³-hybridized carbons (Fsp3) is 0.205. The summed E-state index contributed by atoms with van der Waals surface area (Å²) in [6.45, 7) is 8.81. The molecule has 1 aromatic heterocycles. The highest BCUT2D eigenvalue weighted by atomic mass is 35.5. The number of hydrogen-bond donors (Lipinski definition) is 0. The van der Waals surface area contributed by atoms with Crippen LogP contribution < -0.4 is 19.8 Å². The fourth-order valence-electron chi connectivity index (χ4n) is 5.73. The lowest BCUT2D eigenvalue weighted by Gasteiger charge is -2.17. The van der Waals surface area contributed by atoms with Gasteiger partial charge in [0.1, 0.15) is 12.4 Å². The monoisotopic (exact) mass is 645 g/mol. The Hall–Kier alpha value is -5.14. The lowest BCUT2D eigenvalue weighted by Crippen LogP contribution is -2.20. The molecule has 0 bridgehead atoms. The summed E-state index contributed by atoms with van der Waals surface area (Å²) in [6.07, 6.45) is 1.59. The normalized spacial score (nSPS) is 11.6. The molecule has 0 amide bonds. The van der Waals surface area contributed by atoms with Crippen molar-refractivity contribution in [1.82, 2.24) is 9.66 Å². The second-order valence-electron chi connectivity index (χ2n) is 11.6. The van der Waals surface area contributed by atoms with Crippen molar-refractivity contribution in [3.63, 3.8) is 0 Å². The van der Waals surface area contributed by atoms with E-state index < -0.39 is 0 Å². The average Bonchev–Trinajstić information content (AvgIpc) is 3.07. The number of rotatable bonds is 10. The van der Waals surface area contributed by atoms with Crippen molar-refractivity contribution in [1.29, 1.82) is 0 Å². The van der Waals surface area contributed by atoms with E-state index in [1.165, 1.54) is 4.68 Å². The highest BCUT2D eigenvalue weighted by Crippen LogP contribution is 2.38. The summed E-state index contributed by atoms with van der Waals surface area (Å²) in [5.41, 5.74) is 4.70. The van der Waals surface area contributed by atoms with Crippen LogP contribution in [-0.2, 0) is 6.61 Å². The molecule has 8 heteroatoms. The largest absolute Gasteiger partial charge is 0.496 e. The molecule has 0 saturated carbocycles. The molecular formula is C39H36ClN3O4. The summed E-state index contributed by atoms with van der Waals surface area (Å²) in [7, 11) is 1.66. The Balaban J connectivity index is 1.41. The summed E-state index contributed by atoms with van der Waals surface area (Å²) < 4.78 is 19.2. The van der Waals surface area contributed by atoms with Crippen molar-refractivity contribution in [3.8, 4) is 28.6 Å². The molecule has 0 aliphatic rings. The van der Waals surface area contributed by atoms with Crippen molar-refractivity contribution in [2.75, 3.05) is 13.7 Å². The molecule has 0 aliphatic carbocycles. The molecule has 1 heterocycles. The van der Waals surface area contributed by atoms with E-state index >= 15 is 0 Å². The Bertz CT molecular complexity index is 2180. The molecule has 5 aromatic carbocycles. The smallest absolute Gasteiger partial charge is 0.282 e. The van der Waals surface area contributed by atoms with Crippen LogP contribution in [0, 0.1) is 6.92 Å². The Labute approximate surface area is 279 Å². The maximum atomic E-state index is 13.9. The van der Waals surface area contributed by atoms with Gasteiger partial charge in [0.2, 0.25) is 0 Å². The first kappa shape index (κ1) is 31.8. The van der Waals surface area contributed by atoms with Crippen molar-refractivity contribution in [2.45, 2.75) is 40.2 Å². The molecule has 238 valence electrons. The van der Waals surface area contributed by atoms with E-state index in [0.29, 0.717) is 52.0 Å². The minimum absolute atomic E-state index is 0.189. The zero-order valence-corrected chi connectivity index (χ0v) is 27.8. The fourth-order valence-corrected chi connectivity index (χ4v) is 6.00. The van der Waals surface area contributed by atoms with E-state index in [-0.39, 0.29) is 11.5 Å². The third-order valence-corrected chi connectivity index (χ3v) is 8.38. The minimum Gasteiger partial charge on any atom is -0.496 e. The SMILES string of the molecule is CCOc1cc(C=Nn2c(-c3cc(C(C)C)c(OC)cc3C)nc3ccccc3c2=O)cc(Cl)c1OCc1cccc2ccccc12. The summed E-state index contributed by atoms with van der Waals surface area (Å²) >= 11 is 6.81. The number of aryl methyl sites for hydroxylation is 1. The topological polar surface area (TPSA) is 74.9 Å². The van der Waals surface area contributed by atoms with E-state index in [1.54, 1.807) is 25.5 Å². The molecule has 47 heavy (non-hydrogen) atoms. The number of fused-ring (bicyclic) bond motifs is 2. The van der Waals surface area contributed by atoms with Gasteiger partial charge in [-0.05, 0) is 89.2 Å². The van der Waals surface area contributed by atoms with Crippen molar-refractivity contribution < 1.29 is 14.2 Å². The predicted molar refractivity (Wildman–Crippen MR) is 191 cm³/mol. The highest BCUT2D eigenvalue weighted by Gasteiger charge is 2.19. The molecule has 0 fully saturated rings. The Morgan fingerprint density at radius 1 is 0.915 bits per heavy atom. The van der Waals surface area contributed by atoms with E-state index in [9.17, 15) is 4.79 Å². The van der Waals surface area contributed by atoms with Gasteiger partial charge in [-0.3, -0.25) is 4.79 Å². The average molecular weight is 646 g/mol. The van der Waals surface area contributed by atoms with E-state index in [1.807, 2.05) is 74.5 Å². The molecule has 0 atom stereocenters. The zero-order chi connectivity index (χ0) is 33.1. The standard InChI is InChI=1S/C39H36ClN3O4/c1-6-46-36-20-26(19-33(40)37(36)47-23-28-14-11-13-27-12-7-8-15-29(27)28)22-41-43-38(42-34-17-10-9-16-30(34)39(43)44)32-21-31(24(2)3)35(45-5)18-25(32)4/h7-22,24H,6,23H2,1-5H3. The Kier molecular flexibility index (Phi) is 9.27. The summed E-state index contributed by atoms with van der Waals surface area (Å²) in [5, 5.41) is 7.78. The summed E-state index contributed by atoms with van der Waals surface area (Å²) in [4.78, 5) is 18.8. The van der Waals surface area contributed by atoms with Gasteiger partial charge in [-0.2, -0.15) is 9.78 Å². The van der Waals surface area contributed by atoms with Crippen molar-refractivity contribution in [3.05, 3.63) is 129 Å². The maximum Gasteiger partial charge on any atom is 0.282 e. The van der Waals surface area contributed by atoms with Gasteiger partial charge in [0.05, 0.1) is 35.9 Å². The number of halogens is 1. The van der Waals surface area contributed by atoms with Gasteiger partial charge in [0, 0.05) is 5.56 Å². The van der Waals surface area contributed by atoms with Crippen LogP contribution in [0.25, 0.3) is 33.1 Å². The zero-order valence-electron chi connectivity index (χ0n) is 27.1. The van der Waals surface area contributed by atoms with Gasteiger partial charge in [-0.25, -0.2) is 4.98 Å². The molecule has 0 unspecified atom stereocenters. The van der Waals surface area contributed by atoms with Gasteiger partial charge in [0.25, 0.3) is 5.56 Å². The second kappa shape index (κ2) is 13.7. The molecule has 0 aliphatic heterocycles. The molecule has 6 rings (SSSR count). The Morgan fingerprint density at radius 3 is 2.43 bits per heavy atom. The third kappa shape index (κ3) is 6.44. The number of aromatic nitrogens is 2. The van der Waals surface area contributed by atoms with Crippen LogP contribution in [0.5, 0.6) is 17.2 Å². The van der Waals surface area contributed by atoms with Crippen LogP contribution >= 0.6 is 11.6 Å². The summed E-state index contributed by atoms with van der Waals surface area (Å²) in [6, 6.07) is 29.2. The van der Waals surface area contributed by atoms with Gasteiger partial charge < -0.3 is 14.2 Å². The number of benzene rings is 5. The van der Waals surface area contributed by atoms with Crippen LogP contribution in [0.15, 0.2) is 101 Å². The maximum absolute atomic E-state index is 13.9. The number of hydrogen-bond acceptors (Lipinski definition) is 6. The van der Waals surface area contributed by atoms with Gasteiger partial charge in [-0.15, -0.1) is 0 Å². The first-order valence-electron chi connectivity index (χ1n) is 15.6. The lowest BCUT2D eigenvalue weighted by molar-refractivity contribution is 0.270. The molecule has 6 aromatic rings. The number of nitrogens with zero attached hydrogens (tertiary/aromatic N) is 3. The number of ether oxygens (including phenoxy) is 3. The van der Waals surface area contributed by atoms with Crippen LogP contribution in [0.4, 0.5) is 0 Å². The van der Waals surface area contributed by atoms with Crippen molar-refractivity contribution >= 4 is 39.5 Å². The van der Waals surface area contributed by atoms with Gasteiger partial charge >= 0.3 is 0 Å². The molecule has 7 nitrogen and oxygen atoms in total. The molecule has 0 spiro atoms. The van der Waals surface area contributed by atoms with E-state index in [2.05, 4.69) is 32.0 Å². The number of methoxy groups -OCH3 is 1. The molecule has 0 N–H and O–H groups in total.